The highest BCUT2D eigenvalue weighted by Crippen LogP contribution is 2.20. The molecule has 0 aliphatic carbocycles. The number of nitrogens with two attached hydrogens (primary N) is 6. The molecular weight excluding hydrogens is 999 g/mol. The van der Waals surface area contributed by atoms with E-state index in [2.05, 4.69) is 57.5 Å². The van der Waals surface area contributed by atoms with Crippen molar-refractivity contribution in [2.45, 2.75) is 133 Å². The van der Waals surface area contributed by atoms with Gasteiger partial charge in [-0.2, -0.15) is 0 Å². The number of nitrogens with one attached hydrogen (secondary N) is 9. The summed E-state index contributed by atoms with van der Waals surface area (Å²) >= 11 is 0. The first-order valence-corrected chi connectivity index (χ1v) is 25.3. The van der Waals surface area contributed by atoms with E-state index in [-0.39, 0.29) is 102 Å². The number of primary amides is 2. The molecule has 1 aliphatic rings. The number of aliphatic imine (C=N–C) groups is 2. The van der Waals surface area contributed by atoms with Gasteiger partial charge in [0.05, 0.1) is 0 Å². The van der Waals surface area contributed by atoms with Gasteiger partial charge in [-0.1, -0.05) is 42.5 Å². The second-order valence-electron chi connectivity index (χ2n) is 18.7. The second-order valence-corrected chi connectivity index (χ2v) is 18.7. The summed E-state index contributed by atoms with van der Waals surface area (Å²) in [6.45, 7) is 3.03. The van der Waals surface area contributed by atoms with Gasteiger partial charge in [0.15, 0.2) is 11.9 Å². The molecule has 0 spiro atoms. The van der Waals surface area contributed by atoms with Crippen LogP contribution >= 0.6 is 0 Å². The molecule has 0 bridgehead atoms. The summed E-state index contributed by atoms with van der Waals surface area (Å²) in [5, 5.41) is 21.9. The van der Waals surface area contributed by atoms with E-state index in [1.54, 1.807) is 43.5 Å². The van der Waals surface area contributed by atoms with E-state index in [1.165, 1.54) is 6.92 Å². The Morgan fingerprint density at radius 3 is 1.88 bits per heavy atom. The van der Waals surface area contributed by atoms with E-state index in [0.717, 1.165) is 16.5 Å². The summed E-state index contributed by atoms with van der Waals surface area (Å²) in [6.07, 6.45) is 0.170. The van der Waals surface area contributed by atoms with Gasteiger partial charge in [-0.15, -0.1) is 0 Å². The molecule has 7 atom stereocenters. The van der Waals surface area contributed by atoms with Gasteiger partial charge in [-0.3, -0.25) is 57.9 Å². The number of carbonyl (C=O) groups excluding carboxylic acids is 10. The minimum atomic E-state index is -1.56. The molecule has 3 unspecified atom stereocenters. The highest BCUT2D eigenvalue weighted by molar-refractivity contribution is 5.98. The molecule has 10 amide bonds. The molecule has 4 rings (SSSR count). The van der Waals surface area contributed by atoms with Crippen molar-refractivity contribution in [2.75, 3.05) is 19.6 Å². The van der Waals surface area contributed by atoms with Crippen LogP contribution in [0.1, 0.15) is 87.8 Å². The number of carbonyl (C=O) groups is 10. The molecule has 0 saturated carbocycles. The Balaban J connectivity index is 1.80. The number of H-pyrrole nitrogens is 1. The van der Waals surface area contributed by atoms with E-state index in [9.17, 15) is 47.9 Å². The number of fused-ring (bicyclic) bond motifs is 1. The molecule has 2 heterocycles. The number of amides is 10. The molecule has 418 valence electrons. The Kier molecular flexibility index (Phi) is 24.1. The molecular formula is C50H73N17O10. The third kappa shape index (κ3) is 20.8. The van der Waals surface area contributed by atoms with Crippen LogP contribution in [0.15, 0.2) is 64.7 Å². The van der Waals surface area contributed by atoms with E-state index in [1.807, 2.05) is 18.2 Å². The highest BCUT2D eigenvalue weighted by Gasteiger charge is 2.35. The van der Waals surface area contributed by atoms with E-state index in [0.29, 0.717) is 11.1 Å². The fraction of sp³-hybridized carbons (Fsp3) is 0.480. The van der Waals surface area contributed by atoms with Crippen molar-refractivity contribution in [1.82, 2.24) is 47.5 Å². The molecule has 27 heteroatoms. The van der Waals surface area contributed by atoms with Crippen molar-refractivity contribution in [2.24, 2.45) is 44.4 Å². The molecule has 27 nitrogen and oxygen atoms in total. The van der Waals surface area contributed by atoms with Gasteiger partial charge < -0.3 is 81.9 Å². The lowest BCUT2D eigenvalue weighted by atomic mass is 9.99. The van der Waals surface area contributed by atoms with Gasteiger partial charge in [-0.05, 0) is 81.0 Å². The van der Waals surface area contributed by atoms with Gasteiger partial charge >= 0.3 is 0 Å². The lowest BCUT2D eigenvalue weighted by Gasteiger charge is -2.28. The van der Waals surface area contributed by atoms with Gasteiger partial charge in [0.25, 0.3) is 0 Å². The largest absolute Gasteiger partial charge is 0.370 e. The number of hydrogen-bond acceptors (Lipinski definition) is 12. The monoisotopic (exact) mass is 1070 g/mol. The van der Waals surface area contributed by atoms with Crippen LogP contribution in [0, 0.1) is 6.92 Å². The second kappa shape index (κ2) is 30.6. The Morgan fingerprint density at radius 2 is 1.25 bits per heavy atom. The number of aryl methyl sites for hydroxylation is 1. The fourth-order valence-electron chi connectivity index (χ4n) is 8.43. The lowest BCUT2D eigenvalue weighted by molar-refractivity contribution is -0.136. The Morgan fingerprint density at radius 1 is 0.675 bits per heavy atom. The average Bonchev–Trinajstić information content (AvgIpc) is 3.78. The predicted molar refractivity (Wildman–Crippen MR) is 285 cm³/mol. The van der Waals surface area contributed by atoms with Crippen LogP contribution in [0.5, 0.6) is 0 Å². The number of para-hydroxylation sites is 1. The Hall–Kier alpha value is -8.78. The molecule has 77 heavy (non-hydrogen) atoms. The zero-order chi connectivity index (χ0) is 56.6. The summed E-state index contributed by atoms with van der Waals surface area (Å²) in [6, 6.07) is 4.35. The molecule has 21 N–H and O–H groups in total. The molecule has 1 aromatic heterocycles. The summed E-state index contributed by atoms with van der Waals surface area (Å²) in [5.74, 6) is -8.61. The summed E-state index contributed by atoms with van der Waals surface area (Å²) in [5.41, 5.74) is 36.0. The maximum Gasteiger partial charge on any atom is 0.243 e. The smallest absolute Gasteiger partial charge is 0.243 e. The zero-order valence-corrected chi connectivity index (χ0v) is 43.3. The first-order valence-electron chi connectivity index (χ1n) is 25.3. The van der Waals surface area contributed by atoms with Crippen molar-refractivity contribution in [1.29, 1.82) is 0 Å². The number of aromatic nitrogens is 1. The Bertz CT molecular complexity index is 2650. The van der Waals surface area contributed by atoms with Crippen LogP contribution in [0.3, 0.4) is 0 Å². The molecule has 2 aromatic carbocycles. The van der Waals surface area contributed by atoms with Crippen LogP contribution in [0.4, 0.5) is 0 Å². The van der Waals surface area contributed by atoms with Crippen molar-refractivity contribution in [3.63, 3.8) is 0 Å². The predicted octanol–water partition coefficient (Wildman–Crippen LogP) is -3.78. The van der Waals surface area contributed by atoms with Crippen molar-refractivity contribution in [3.8, 4) is 0 Å². The van der Waals surface area contributed by atoms with Crippen LogP contribution in [-0.4, -0.2) is 138 Å². The van der Waals surface area contributed by atoms with E-state index >= 15 is 0 Å². The molecule has 3 aromatic rings. The summed E-state index contributed by atoms with van der Waals surface area (Å²) < 4.78 is 0. The fourth-order valence-corrected chi connectivity index (χ4v) is 8.43. The minimum Gasteiger partial charge on any atom is -0.370 e. The third-order valence-electron chi connectivity index (χ3n) is 12.5. The van der Waals surface area contributed by atoms with Gasteiger partial charge in [0.2, 0.25) is 59.1 Å². The SMILES string of the molecule is CC(=O)N[C@@H](CCCN=C(N)N)C(=O)NC1CCCNC(=O)CCC(C(N)=O)NC(=O)[C@H](Cc2c[nH]c3ccccc23)NC(=O)[C@H](CCCN=C(N)N)NC(=O)C(Cc2ccccc2C)NC(=O)[C@H](CCC(N)=O)NC1=O. The number of aromatic amines is 1. The number of hydrogen-bond donors (Lipinski definition) is 15. The van der Waals surface area contributed by atoms with Gasteiger partial charge in [-0.25, -0.2) is 0 Å². The average molecular weight is 1070 g/mol. The van der Waals surface area contributed by atoms with Crippen LogP contribution in [-0.2, 0) is 60.8 Å². The highest BCUT2D eigenvalue weighted by atomic mass is 16.2. The van der Waals surface area contributed by atoms with Crippen LogP contribution in [0.25, 0.3) is 10.9 Å². The number of guanidine groups is 2. The lowest BCUT2D eigenvalue weighted by Crippen LogP contribution is -2.60. The van der Waals surface area contributed by atoms with Gasteiger partial charge in [0, 0.05) is 69.3 Å². The molecule has 0 radical (unpaired) electrons. The van der Waals surface area contributed by atoms with Crippen molar-refractivity contribution < 1.29 is 47.9 Å². The van der Waals surface area contributed by atoms with Gasteiger partial charge in [0.1, 0.15) is 42.3 Å². The number of rotatable bonds is 19. The maximum atomic E-state index is 14.7. The molecule has 1 saturated heterocycles. The number of benzene rings is 2. The van der Waals surface area contributed by atoms with Crippen molar-refractivity contribution >= 4 is 81.9 Å². The first kappa shape index (κ1) is 60.8. The number of nitrogens with zero attached hydrogens (tertiary/aromatic N) is 2. The summed E-state index contributed by atoms with van der Waals surface area (Å²) in [7, 11) is 0. The topological polar surface area (TPSA) is 464 Å². The molecule has 1 aliphatic heterocycles. The normalized spacial score (nSPS) is 20.8. The third-order valence-corrected chi connectivity index (χ3v) is 12.5. The van der Waals surface area contributed by atoms with Crippen molar-refractivity contribution in [3.05, 3.63) is 71.4 Å². The minimum absolute atomic E-state index is 0.0223. The zero-order valence-electron chi connectivity index (χ0n) is 43.3. The Labute approximate surface area is 444 Å². The first-order chi connectivity index (χ1) is 36.6. The van der Waals surface area contributed by atoms with E-state index < -0.39 is 108 Å². The van der Waals surface area contributed by atoms with E-state index in [4.69, 9.17) is 34.4 Å². The quantitative estimate of drug-likeness (QED) is 0.0312. The van der Waals surface area contributed by atoms with Crippen LogP contribution < -0.4 is 76.9 Å². The molecule has 1 fully saturated rings. The standard InChI is InChI=1S/C50H73N17O10/c1-27-10-3-4-11-29(27)24-38-48(77)64-36(16-9-23-59-50(55)56)45(74)67-39(25-30-26-60-32-13-6-5-12-31(30)32)47(76)62-33(42(52)71)18-20-41(70)57-21-7-15-35(44(73)65-37(46(75)66-38)17-19-40(51)69)63-43(72)34(61-28(2)68)14-8-22-58-49(53)54/h3-6,10-13,26,33-39,60H,7-9,14-25H2,1-2H3,(H2,51,69)(H2,52,71)(H,57,70)(H,61,68)(H,62,76)(H,63,72)(H,64,77)(H,65,73)(H,66,75)(H,67,74)(H4,53,54,58)(H4,55,56,59)/t33?,34-,35?,36-,37-,38?,39-/m0/s1. The summed E-state index contributed by atoms with van der Waals surface area (Å²) in [4.78, 5) is 148. The van der Waals surface area contributed by atoms with Crippen LogP contribution in [0.2, 0.25) is 0 Å². The maximum absolute atomic E-state index is 14.7.